The van der Waals surface area contributed by atoms with Crippen LogP contribution >= 0.6 is 0 Å². The topological polar surface area (TPSA) is 69.3 Å². The Morgan fingerprint density at radius 3 is 2.61 bits per heavy atom. The largest absolute Gasteiger partial charge is 0.298 e. The number of sulfonamides is 1. The minimum atomic E-state index is -3.12. The Kier molecular flexibility index (Phi) is 4.55. The van der Waals surface area contributed by atoms with Gasteiger partial charge in [-0.3, -0.25) is 10.00 Å². The second kappa shape index (κ2) is 6.18. The predicted molar refractivity (Wildman–Crippen MR) is 90.7 cm³/mol. The monoisotopic (exact) mass is 340 g/mol. The fraction of sp³-hybridized carbons (Fsp3) is 0.812. The maximum Gasteiger partial charge on any atom is 0.218 e. The number of hydrogen-bond acceptors (Lipinski definition) is 4. The summed E-state index contributed by atoms with van der Waals surface area (Å²) in [4.78, 5) is 2.25. The van der Waals surface area contributed by atoms with Crippen LogP contribution in [-0.2, 0) is 22.0 Å². The Morgan fingerprint density at radius 1 is 1.26 bits per heavy atom. The van der Waals surface area contributed by atoms with Gasteiger partial charge in [0.25, 0.3) is 0 Å². The van der Waals surface area contributed by atoms with Crippen LogP contribution in [0.1, 0.15) is 51.3 Å². The lowest BCUT2D eigenvalue weighted by Crippen LogP contribution is -2.38. The molecule has 2 aliphatic rings. The summed E-state index contributed by atoms with van der Waals surface area (Å²) in [7, 11) is -3.12. The molecule has 7 heteroatoms. The molecule has 2 saturated heterocycles. The Morgan fingerprint density at radius 2 is 1.96 bits per heavy atom. The van der Waals surface area contributed by atoms with Crippen LogP contribution in [0.4, 0.5) is 0 Å². The highest BCUT2D eigenvalue weighted by molar-refractivity contribution is 7.89. The predicted octanol–water partition coefficient (Wildman–Crippen LogP) is 1.71. The smallest absolute Gasteiger partial charge is 0.218 e. The first kappa shape index (κ1) is 16.9. The third-order valence-corrected chi connectivity index (χ3v) is 7.25. The van der Waals surface area contributed by atoms with Crippen molar-refractivity contribution in [1.82, 2.24) is 19.4 Å². The maximum atomic E-state index is 12.7. The molecule has 0 bridgehead atoms. The Labute approximate surface area is 139 Å². The second-order valence-corrected chi connectivity index (χ2v) is 10.0. The zero-order valence-corrected chi connectivity index (χ0v) is 15.2. The molecule has 3 rings (SSSR count). The number of nitrogens with one attached hydrogen (secondary N) is 1. The minimum Gasteiger partial charge on any atom is -0.298 e. The van der Waals surface area contributed by atoms with E-state index in [0.29, 0.717) is 19.6 Å². The van der Waals surface area contributed by atoms with Crippen molar-refractivity contribution < 1.29 is 8.42 Å². The van der Waals surface area contributed by atoms with E-state index in [0.717, 1.165) is 38.0 Å². The number of likely N-dealkylation sites (tertiary alicyclic amines) is 1. The highest BCUT2D eigenvalue weighted by Crippen LogP contribution is 2.28. The lowest BCUT2D eigenvalue weighted by molar-refractivity contribution is 0.327. The van der Waals surface area contributed by atoms with Gasteiger partial charge in [0.2, 0.25) is 10.0 Å². The Bertz CT molecular complexity index is 641. The molecule has 0 saturated carbocycles. The van der Waals surface area contributed by atoms with Crippen molar-refractivity contribution in [3.8, 4) is 0 Å². The van der Waals surface area contributed by atoms with Gasteiger partial charge in [0.1, 0.15) is 0 Å². The van der Waals surface area contributed by atoms with Crippen molar-refractivity contribution in [1.29, 1.82) is 0 Å². The zero-order chi connectivity index (χ0) is 16.7. The number of aromatic nitrogens is 2. The Hall–Kier alpha value is -0.920. The van der Waals surface area contributed by atoms with Gasteiger partial charge in [0.05, 0.1) is 11.4 Å². The van der Waals surface area contributed by atoms with Crippen molar-refractivity contribution >= 4 is 10.0 Å². The molecule has 2 fully saturated rings. The van der Waals surface area contributed by atoms with Crippen LogP contribution in [0.3, 0.4) is 0 Å². The molecule has 0 aromatic carbocycles. The lowest BCUT2D eigenvalue weighted by atomic mass is 9.89. The number of nitrogens with zero attached hydrogens (tertiary/aromatic N) is 3. The molecule has 23 heavy (non-hydrogen) atoms. The van der Waals surface area contributed by atoms with E-state index in [2.05, 4.69) is 35.9 Å². The van der Waals surface area contributed by atoms with Crippen LogP contribution in [0, 0.1) is 0 Å². The molecular weight excluding hydrogens is 312 g/mol. The third kappa shape index (κ3) is 3.46. The zero-order valence-electron chi connectivity index (χ0n) is 14.4. The van der Waals surface area contributed by atoms with Gasteiger partial charge in [-0.25, -0.2) is 12.7 Å². The molecule has 0 aliphatic carbocycles. The summed E-state index contributed by atoms with van der Waals surface area (Å²) in [5, 5.41) is 7.04. The minimum absolute atomic E-state index is 0.0204. The molecular formula is C16H28N4O2S. The molecule has 6 nitrogen and oxygen atoms in total. The SMILES string of the molecule is CC(C)(C)c1[nH]ncc1CN1CC[C@H](S(=O)(=O)N2CCCC2)C1. The standard InChI is InChI=1S/C16H28N4O2S/c1-16(2,3)15-13(10-17-18-15)11-19-9-6-14(12-19)23(21,22)20-7-4-5-8-20/h10,14H,4-9,11-12H2,1-3H3,(H,17,18)/t14-/m0/s1. The molecule has 2 aliphatic heterocycles. The van der Waals surface area contributed by atoms with E-state index in [-0.39, 0.29) is 10.7 Å². The maximum absolute atomic E-state index is 12.7. The fourth-order valence-electron chi connectivity index (χ4n) is 3.66. The summed E-state index contributed by atoms with van der Waals surface area (Å²) in [5.74, 6) is 0. The van der Waals surface area contributed by atoms with E-state index < -0.39 is 10.0 Å². The van der Waals surface area contributed by atoms with E-state index in [1.807, 2.05) is 6.20 Å². The van der Waals surface area contributed by atoms with E-state index in [9.17, 15) is 8.42 Å². The van der Waals surface area contributed by atoms with Crippen LogP contribution in [0.5, 0.6) is 0 Å². The number of aromatic amines is 1. The van der Waals surface area contributed by atoms with Crippen molar-refractivity contribution in [2.75, 3.05) is 26.2 Å². The number of hydrogen-bond donors (Lipinski definition) is 1. The molecule has 1 aromatic rings. The van der Waals surface area contributed by atoms with Gasteiger partial charge in [-0.1, -0.05) is 20.8 Å². The van der Waals surface area contributed by atoms with Gasteiger partial charge in [-0.15, -0.1) is 0 Å². The van der Waals surface area contributed by atoms with E-state index in [1.165, 1.54) is 5.56 Å². The molecule has 1 N–H and O–H groups in total. The first-order valence-electron chi connectivity index (χ1n) is 8.52. The highest BCUT2D eigenvalue weighted by Gasteiger charge is 2.38. The fourth-order valence-corrected chi connectivity index (χ4v) is 5.65. The first-order chi connectivity index (χ1) is 10.8. The number of H-pyrrole nitrogens is 1. The Balaban J connectivity index is 1.66. The summed E-state index contributed by atoms with van der Waals surface area (Å²) in [6.07, 6.45) is 4.61. The lowest BCUT2D eigenvalue weighted by Gasteiger charge is -2.23. The van der Waals surface area contributed by atoms with Crippen molar-refractivity contribution in [2.24, 2.45) is 0 Å². The average Bonchev–Trinajstić information content (AvgIpc) is 3.20. The van der Waals surface area contributed by atoms with Crippen LogP contribution in [0.25, 0.3) is 0 Å². The molecule has 1 atom stereocenters. The summed E-state index contributed by atoms with van der Waals surface area (Å²) >= 11 is 0. The average molecular weight is 340 g/mol. The number of rotatable bonds is 4. The molecule has 0 unspecified atom stereocenters. The summed E-state index contributed by atoms with van der Waals surface area (Å²) in [5.41, 5.74) is 2.34. The van der Waals surface area contributed by atoms with Crippen LogP contribution < -0.4 is 0 Å². The molecule has 3 heterocycles. The van der Waals surface area contributed by atoms with E-state index >= 15 is 0 Å². The van der Waals surface area contributed by atoms with Gasteiger partial charge < -0.3 is 0 Å². The van der Waals surface area contributed by atoms with Crippen LogP contribution in [-0.4, -0.2) is 59.2 Å². The van der Waals surface area contributed by atoms with Gasteiger partial charge >= 0.3 is 0 Å². The summed E-state index contributed by atoms with van der Waals surface area (Å²) in [6.45, 7) is 10.1. The van der Waals surface area contributed by atoms with Crippen LogP contribution in [0.2, 0.25) is 0 Å². The molecule has 0 spiro atoms. The molecule has 1 aromatic heterocycles. The van der Waals surface area contributed by atoms with Crippen molar-refractivity contribution in [3.63, 3.8) is 0 Å². The first-order valence-corrected chi connectivity index (χ1v) is 10.0. The molecule has 130 valence electrons. The highest BCUT2D eigenvalue weighted by atomic mass is 32.2. The third-order valence-electron chi connectivity index (χ3n) is 4.94. The van der Waals surface area contributed by atoms with Gasteiger partial charge in [-0.2, -0.15) is 5.10 Å². The van der Waals surface area contributed by atoms with Crippen molar-refractivity contribution in [3.05, 3.63) is 17.5 Å². The van der Waals surface area contributed by atoms with E-state index in [4.69, 9.17) is 0 Å². The summed E-state index contributed by atoms with van der Waals surface area (Å²) in [6, 6.07) is 0. The second-order valence-electron chi connectivity index (χ2n) is 7.82. The molecule has 0 radical (unpaired) electrons. The van der Waals surface area contributed by atoms with Gasteiger partial charge in [0.15, 0.2) is 0 Å². The van der Waals surface area contributed by atoms with Crippen LogP contribution in [0.15, 0.2) is 6.20 Å². The molecule has 0 amide bonds. The van der Waals surface area contributed by atoms with Crippen molar-refractivity contribution in [2.45, 2.75) is 57.2 Å². The normalized spacial score (nSPS) is 24.6. The van der Waals surface area contributed by atoms with E-state index in [1.54, 1.807) is 4.31 Å². The van der Waals surface area contributed by atoms with Gasteiger partial charge in [0, 0.05) is 42.9 Å². The quantitative estimate of drug-likeness (QED) is 0.906. The van der Waals surface area contributed by atoms with Gasteiger partial charge in [-0.05, 0) is 25.8 Å². The summed E-state index contributed by atoms with van der Waals surface area (Å²) < 4.78 is 27.1.